The molecule has 0 spiro atoms. The summed E-state index contributed by atoms with van der Waals surface area (Å²) in [5, 5.41) is 13.0. The Kier molecular flexibility index (Phi) is 3.88. The van der Waals surface area contributed by atoms with Crippen LogP contribution in [0.15, 0.2) is 18.2 Å². The molecule has 2 aliphatic rings. The Bertz CT molecular complexity index is 558. The van der Waals surface area contributed by atoms with Gasteiger partial charge in [-0.3, -0.25) is 0 Å². The molecule has 1 N–H and O–H groups in total. The zero-order chi connectivity index (χ0) is 14.9. The highest BCUT2D eigenvalue weighted by atomic mass is 16.5. The first-order valence-electron chi connectivity index (χ1n) is 7.72. The number of rotatable bonds is 4. The Hall–Kier alpha value is -1.57. The molecule has 1 saturated carbocycles. The second kappa shape index (κ2) is 5.67. The molecule has 0 aromatic heterocycles. The lowest BCUT2D eigenvalue weighted by Crippen LogP contribution is -2.53. The van der Waals surface area contributed by atoms with Gasteiger partial charge >= 0.3 is 0 Å². The maximum absolute atomic E-state index is 9.51. The number of morpholine rings is 1. The molecule has 0 atom stereocenters. The lowest BCUT2D eigenvalue weighted by molar-refractivity contribution is 0.0644. The van der Waals surface area contributed by atoms with Crippen molar-refractivity contribution in [2.75, 3.05) is 24.7 Å². The van der Waals surface area contributed by atoms with Crippen LogP contribution in [0.25, 0.3) is 0 Å². The van der Waals surface area contributed by atoms with Gasteiger partial charge in [0.1, 0.15) is 6.07 Å². The van der Waals surface area contributed by atoms with Crippen molar-refractivity contribution in [3.05, 3.63) is 29.3 Å². The van der Waals surface area contributed by atoms with Crippen LogP contribution in [-0.2, 0) is 11.3 Å². The Morgan fingerprint density at radius 3 is 2.90 bits per heavy atom. The van der Waals surface area contributed by atoms with Crippen molar-refractivity contribution in [1.82, 2.24) is 5.32 Å². The van der Waals surface area contributed by atoms with Gasteiger partial charge in [0.25, 0.3) is 0 Å². The zero-order valence-electron chi connectivity index (χ0n) is 12.9. The van der Waals surface area contributed by atoms with Crippen molar-refractivity contribution in [2.24, 2.45) is 0 Å². The maximum atomic E-state index is 9.51. The Morgan fingerprint density at radius 2 is 2.24 bits per heavy atom. The molecule has 4 nitrogen and oxygen atoms in total. The SMILES string of the molecule is CC1(C)COCCN1c1ccc(CNC2CC2)cc1C#N. The monoisotopic (exact) mass is 285 g/mol. The quantitative estimate of drug-likeness (QED) is 0.923. The van der Waals surface area contributed by atoms with Crippen LogP contribution < -0.4 is 10.2 Å². The van der Waals surface area contributed by atoms with E-state index in [1.807, 2.05) is 6.07 Å². The molecule has 1 aliphatic heterocycles. The summed E-state index contributed by atoms with van der Waals surface area (Å²) >= 11 is 0. The smallest absolute Gasteiger partial charge is 0.101 e. The molecule has 4 heteroatoms. The van der Waals surface area contributed by atoms with Crippen molar-refractivity contribution >= 4 is 5.69 Å². The average Bonchev–Trinajstić information content (AvgIpc) is 3.29. The highest BCUT2D eigenvalue weighted by Gasteiger charge is 2.32. The summed E-state index contributed by atoms with van der Waals surface area (Å²) in [4.78, 5) is 2.30. The van der Waals surface area contributed by atoms with Gasteiger partial charge in [0.2, 0.25) is 0 Å². The molecule has 112 valence electrons. The highest BCUT2D eigenvalue weighted by Crippen LogP contribution is 2.30. The number of nitriles is 1. The van der Waals surface area contributed by atoms with Crippen LogP contribution in [0.2, 0.25) is 0 Å². The van der Waals surface area contributed by atoms with Crippen LogP contribution in [0.5, 0.6) is 0 Å². The van der Waals surface area contributed by atoms with E-state index < -0.39 is 0 Å². The summed E-state index contributed by atoms with van der Waals surface area (Å²) in [5.74, 6) is 0. The van der Waals surface area contributed by atoms with Gasteiger partial charge in [0.05, 0.1) is 30.0 Å². The van der Waals surface area contributed by atoms with E-state index >= 15 is 0 Å². The Balaban J connectivity index is 1.82. The summed E-state index contributed by atoms with van der Waals surface area (Å²) in [7, 11) is 0. The van der Waals surface area contributed by atoms with Gasteiger partial charge in [-0.1, -0.05) is 6.07 Å². The van der Waals surface area contributed by atoms with Gasteiger partial charge in [-0.2, -0.15) is 5.26 Å². The number of ether oxygens (including phenoxy) is 1. The lowest BCUT2D eigenvalue weighted by Gasteiger charge is -2.44. The molecule has 1 aromatic rings. The van der Waals surface area contributed by atoms with Gasteiger partial charge in [-0.15, -0.1) is 0 Å². The first-order valence-corrected chi connectivity index (χ1v) is 7.72. The van der Waals surface area contributed by atoms with Gasteiger partial charge in [0.15, 0.2) is 0 Å². The van der Waals surface area contributed by atoms with Gasteiger partial charge in [-0.05, 0) is 44.4 Å². The van der Waals surface area contributed by atoms with Crippen LogP contribution in [-0.4, -0.2) is 31.3 Å². The van der Waals surface area contributed by atoms with E-state index in [0.29, 0.717) is 12.6 Å². The first kappa shape index (κ1) is 14.4. The third-order valence-corrected chi connectivity index (χ3v) is 4.29. The van der Waals surface area contributed by atoms with Crippen molar-refractivity contribution in [1.29, 1.82) is 5.26 Å². The van der Waals surface area contributed by atoms with Crippen molar-refractivity contribution in [3.8, 4) is 6.07 Å². The summed E-state index contributed by atoms with van der Waals surface area (Å²) < 4.78 is 5.57. The molecule has 0 unspecified atom stereocenters. The summed E-state index contributed by atoms with van der Waals surface area (Å²) in [6.45, 7) is 7.43. The normalized spacial score (nSPS) is 21.1. The van der Waals surface area contributed by atoms with E-state index in [9.17, 15) is 5.26 Å². The van der Waals surface area contributed by atoms with E-state index in [1.165, 1.54) is 18.4 Å². The number of benzene rings is 1. The molecule has 0 amide bonds. The predicted octanol–water partition coefficient (Wildman–Crippen LogP) is 2.43. The van der Waals surface area contributed by atoms with Crippen LogP contribution in [0.1, 0.15) is 37.8 Å². The first-order chi connectivity index (χ1) is 10.1. The third kappa shape index (κ3) is 3.20. The van der Waals surface area contributed by atoms with E-state index in [0.717, 1.165) is 30.9 Å². The zero-order valence-corrected chi connectivity index (χ0v) is 12.9. The van der Waals surface area contributed by atoms with E-state index in [1.54, 1.807) is 0 Å². The van der Waals surface area contributed by atoms with Crippen LogP contribution in [0, 0.1) is 11.3 Å². The molecule has 3 rings (SSSR count). The second-order valence-corrected chi connectivity index (χ2v) is 6.64. The summed E-state index contributed by atoms with van der Waals surface area (Å²) in [5.41, 5.74) is 2.91. The van der Waals surface area contributed by atoms with E-state index in [4.69, 9.17) is 4.74 Å². The molecule has 1 aromatic carbocycles. The van der Waals surface area contributed by atoms with E-state index in [-0.39, 0.29) is 5.54 Å². The minimum absolute atomic E-state index is 0.0718. The number of nitrogens with one attached hydrogen (secondary N) is 1. The standard InChI is InChI=1S/C17H23N3O/c1-17(2)12-21-8-7-20(17)16-6-3-13(9-14(16)10-18)11-19-15-4-5-15/h3,6,9,15,19H,4-5,7-8,11-12H2,1-2H3. The predicted molar refractivity (Wildman–Crippen MR) is 83.3 cm³/mol. The number of anilines is 1. The minimum Gasteiger partial charge on any atom is -0.377 e. The van der Waals surface area contributed by atoms with E-state index in [2.05, 4.69) is 42.3 Å². The molecular formula is C17H23N3O. The van der Waals surface area contributed by atoms with Gasteiger partial charge in [0, 0.05) is 19.1 Å². The number of nitrogens with zero attached hydrogens (tertiary/aromatic N) is 2. The lowest BCUT2D eigenvalue weighted by atomic mass is 9.99. The number of hydrogen-bond acceptors (Lipinski definition) is 4. The van der Waals surface area contributed by atoms with Crippen molar-refractivity contribution in [3.63, 3.8) is 0 Å². The molecule has 1 saturated heterocycles. The largest absolute Gasteiger partial charge is 0.377 e. The Morgan fingerprint density at radius 1 is 1.43 bits per heavy atom. The van der Waals surface area contributed by atoms with Crippen LogP contribution in [0.3, 0.4) is 0 Å². The fourth-order valence-electron chi connectivity index (χ4n) is 2.87. The van der Waals surface area contributed by atoms with Crippen LogP contribution in [0.4, 0.5) is 5.69 Å². The summed E-state index contributed by atoms with van der Waals surface area (Å²) in [6.07, 6.45) is 2.57. The van der Waals surface area contributed by atoms with Crippen molar-refractivity contribution < 1.29 is 4.74 Å². The second-order valence-electron chi connectivity index (χ2n) is 6.64. The number of hydrogen-bond donors (Lipinski definition) is 1. The van der Waals surface area contributed by atoms with Gasteiger partial charge in [-0.25, -0.2) is 0 Å². The molecular weight excluding hydrogens is 262 g/mol. The Labute approximate surface area is 126 Å². The molecule has 21 heavy (non-hydrogen) atoms. The topological polar surface area (TPSA) is 48.3 Å². The van der Waals surface area contributed by atoms with Gasteiger partial charge < -0.3 is 15.0 Å². The van der Waals surface area contributed by atoms with Crippen molar-refractivity contribution in [2.45, 2.75) is 44.8 Å². The molecule has 0 bridgehead atoms. The fourth-order valence-corrected chi connectivity index (χ4v) is 2.87. The minimum atomic E-state index is -0.0718. The molecule has 0 radical (unpaired) electrons. The molecule has 2 fully saturated rings. The summed E-state index contributed by atoms with van der Waals surface area (Å²) in [6, 6.07) is 9.31. The average molecular weight is 285 g/mol. The molecule has 1 aliphatic carbocycles. The highest BCUT2D eigenvalue weighted by molar-refractivity contribution is 5.62. The fraction of sp³-hybridized carbons (Fsp3) is 0.588. The molecule has 1 heterocycles. The third-order valence-electron chi connectivity index (χ3n) is 4.29. The van der Waals surface area contributed by atoms with Crippen LogP contribution >= 0.6 is 0 Å². The maximum Gasteiger partial charge on any atom is 0.101 e.